The van der Waals surface area contributed by atoms with E-state index in [2.05, 4.69) is 6.92 Å². The number of fused-ring (bicyclic) bond motifs is 1. The molecule has 4 rings (SSSR count). The number of amides is 1. The van der Waals surface area contributed by atoms with Crippen LogP contribution in [0.25, 0.3) is 11.0 Å². The van der Waals surface area contributed by atoms with Gasteiger partial charge in [-0.25, -0.2) is 0 Å². The number of carbonyl (C=O) groups is 2. The van der Waals surface area contributed by atoms with E-state index in [0.29, 0.717) is 22.5 Å². The third-order valence-electron chi connectivity index (χ3n) is 5.07. The van der Waals surface area contributed by atoms with Gasteiger partial charge < -0.3 is 14.4 Å². The predicted molar refractivity (Wildman–Crippen MR) is 114 cm³/mol. The fourth-order valence-electron chi connectivity index (χ4n) is 3.65. The Hall–Kier alpha value is -2.57. The molecule has 0 bridgehead atoms. The summed E-state index contributed by atoms with van der Waals surface area (Å²) in [5, 5.41) is 13.7. The molecule has 150 valence electrons. The first kappa shape index (κ1) is 19.7. The van der Waals surface area contributed by atoms with Gasteiger partial charge in [0.15, 0.2) is 11.5 Å². The van der Waals surface area contributed by atoms with Crippen LogP contribution in [0.5, 0.6) is 0 Å². The summed E-state index contributed by atoms with van der Waals surface area (Å²) >= 11 is 7.47. The Morgan fingerprint density at radius 3 is 2.83 bits per heavy atom. The third-order valence-corrected chi connectivity index (χ3v) is 6.23. The molecule has 1 unspecified atom stereocenters. The van der Waals surface area contributed by atoms with Gasteiger partial charge in [-0.15, -0.1) is 11.3 Å². The Bertz CT molecular complexity index is 1100. The van der Waals surface area contributed by atoms with Crippen molar-refractivity contribution < 1.29 is 19.1 Å². The molecule has 3 aromatic rings. The molecule has 1 aliphatic rings. The van der Waals surface area contributed by atoms with Crippen LogP contribution in [0, 0.1) is 0 Å². The topological polar surface area (TPSA) is 70.8 Å². The van der Waals surface area contributed by atoms with Gasteiger partial charge >= 0.3 is 0 Å². The van der Waals surface area contributed by atoms with Crippen molar-refractivity contribution in [3.8, 4) is 0 Å². The summed E-state index contributed by atoms with van der Waals surface area (Å²) in [5.41, 5.74) is 0.591. The van der Waals surface area contributed by atoms with E-state index in [0.717, 1.165) is 24.1 Å². The van der Waals surface area contributed by atoms with Crippen molar-refractivity contribution in [2.45, 2.75) is 32.2 Å². The van der Waals surface area contributed by atoms with Gasteiger partial charge in [0.1, 0.15) is 5.58 Å². The van der Waals surface area contributed by atoms with E-state index in [1.165, 1.54) is 11.3 Å². The molecule has 1 atom stereocenters. The maximum atomic E-state index is 13.3. The van der Waals surface area contributed by atoms with Crippen LogP contribution in [0.2, 0.25) is 5.02 Å². The van der Waals surface area contributed by atoms with Crippen LogP contribution < -0.4 is 0 Å². The number of benzene rings is 1. The maximum Gasteiger partial charge on any atom is 0.290 e. The number of thiophene rings is 1. The molecule has 1 aromatic carbocycles. The molecule has 1 aliphatic heterocycles. The number of aliphatic hydroxyl groups is 1. The lowest BCUT2D eigenvalue weighted by molar-refractivity contribution is -0.129. The minimum atomic E-state index is -0.608. The molecule has 2 aromatic heterocycles. The highest BCUT2D eigenvalue weighted by molar-refractivity contribution is 7.10. The predicted octanol–water partition coefficient (Wildman–Crippen LogP) is 5.92. The lowest BCUT2D eigenvalue weighted by atomic mass is 10.00. The molecule has 1 amide bonds. The van der Waals surface area contributed by atoms with Gasteiger partial charge in [0, 0.05) is 21.8 Å². The second-order valence-electron chi connectivity index (χ2n) is 7.01. The Morgan fingerprint density at radius 2 is 2.10 bits per heavy atom. The standard InChI is InChI=1S/C22H20ClNO4S/c1-2-3-4-9-24-19(17-6-5-10-29-17)18(21(26)22(24)27)20(25)16-12-13-11-14(23)7-8-15(13)28-16/h5-8,10-12,19,26H,2-4,9H2,1H3. The number of Topliss-reactive ketones (excluding diaryl/α,β-unsaturated/α-hetero) is 1. The second-order valence-corrected chi connectivity index (χ2v) is 8.42. The van der Waals surface area contributed by atoms with Crippen molar-refractivity contribution in [3.63, 3.8) is 0 Å². The Labute approximate surface area is 177 Å². The van der Waals surface area contributed by atoms with E-state index in [9.17, 15) is 14.7 Å². The number of halogens is 1. The smallest absolute Gasteiger partial charge is 0.290 e. The van der Waals surface area contributed by atoms with Crippen molar-refractivity contribution in [1.29, 1.82) is 0 Å². The molecule has 3 heterocycles. The van der Waals surface area contributed by atoms with E-state index in [4.69, 9.17) is 16.0 Å². The molecule has 0 radical (unpaired) electrons. The normalized spacial score (nSPS) is 17.0. The second kappa shape index (κ2) is 8.05. The van der Waals surface area contributed by atoms with Gasteiger partial charge in [-0.05, 0) is 42.1 Å². The van der Waals surface area contributed by atoms with Gasteiger partial charge in [0.2, 0.25) is 5.78 Å². The first-order valence-electron chi connectivity index (χ1n) is 9.52. The number of unbranched alkanes of at least 4 members (excludes halogenated alkanes) is 2. The number of hydrogen-bond acceptors (Lipinski definition) is 5. The third kappa shape index (κ3) is 3.58. The summed E-state index contributed by atoms with van der Waals surface area (Å²) in [6.45, 7) is 2.56. The molecule has 1 N–H and O–H groups in total. The molecule has 0 saturated heterocycles. The number of ketones is 1. The minimum absolute atomic E-state index is 0.0686. The van der Waals surface area contributed by atoms with Gasteiger partial charge in [-0.2, -0.15) is 0 Å². The van der Waals surface area contributed by atoms with E-state index in [1.807, 2.05) is 17.5 Å². The summed E-state index contributed by atoms with van der Waals surface area (Å²) < 4.78 is 5.70. The van der Waals surface area contributed by atoms with Crippen molar-refractivity contribution in [1.82, 2.24) is 4.90 Å². The number of hydrogen-bond donors (Lipinski definition) is 1. The fraction of sp³-hybridized carbons (Fsp3) is 0.273. The lowest BCUT2D eigenvalue weighted by Gasteiger charge is -2.25. The average molecular weight is 430 g/mol. The number of furan rings is 1. The van der Waals surface area contributed by atoms with E-state index in [1.54, 1.807) is 29.2 Å². The van der Waals surface area contributed by atoms with Crippen LogP contribution in [0.4, 0.5) is 0 Å². The van der Waals surface area contributed by atoms with Gasteiger partial charge in [0.05, 0.1) is 11.6 Å². The molecule has 0 spiro atoms. The molecule has 29 heavy (non-hydrogen) atoms. The monoisotopic (exact) mass is 429 g/mol. The highest BCUT2D eigenvalue weighted by Gasteiger charge is 2.44. The van der Waals surface area contributed by atoms with Crippen molar-refractivity contribution in [2.75, 3.05) is 6.54 Å². The number of aliphatic hydroxyl groups excluding tert-OH is 1. The van der Waals surface area contributed by atoms with Crippen molar-refractivity contribution in [3.05, 3.63) is 68.8 Å². The summed E-state index contributed by atoms with van der Waals surface area (Å²) in [4.78, 5) is 28.5. The molecular formula is C22H20ClNO4S. The van der Waals surface area contributed by atoms with Crippen LogP contribution in [0.3, 0.4) is 0 Å². The van der Waals surface area contributed by atoms with Crippen molar-refractivity contribution in [2.24, 2.45) is 0 Å². The van der Waals surface area contributed by atoms with E-state index < -0.39 is 23.5 Å². The molecule has 7 heteroatoms. The molecule has 0 fully saturated rings. The quantitative estimate of drug-likeness (QED) is 0.374. The first-order valence-corrected chi connectivity index (χ1v) is 10.8. The number of rotatable bonds is 7. The van der Waals surface area contributed by atoms with E-state index in [-0.39, 0.29) is 11.3 Å². The van der Waals surface area contributed by atoms with Crippen LogP contribution in [-0.2, 0) is 4.79 Å². The van der Waals surface area contributed by atoms with Crippen LogP contribution >= 0.6 is 22.9 Å². The van der Waals surface area contributed by atoms with Crippen molar-refractivity contribution >= 4 is 45.6 Å². The summed E-state index contributed by atoms with van der Waals surface area (Å²) in [7, 11) is 0. The Morgan fingerprint density at radius 1 is 1.28 bits per heavy atom. The lowest BCUT2D eigenvalue weighted by Crippen LogP contribution is -2.31. The molecular weight excluding hydrogens is 410 g/mol. The SMILES string of the molecule is CCCCCN1C(=O)C(O)=C(C(=O)c2cc3cc(Cl)ccc3o2)C1c1cccs1. The zero-order chi connectivity index (χ0) is 20.5. The summed E-state index contributed by atoms with van der Waals surface area (Å²) in [6.07, 6.45) is 2.79. The zero-order valence-electron chi connectivity index (χ0n) is 15.9. The zero-order valence-corrected chi connectivity index (χ0v) is 17.4. The average Bonchev–Trinajstić information content (AvgIpc) is 3.42. The van der Waals surface area contributed by atoms with E-state index >= 15 is 0 Å². The Kier molecular flexibility index (Phi) is 5.48. The molecule has 0 aliphatic carbocycles. The van der Waals surface area contributed by atoms with Crippen LogP contribution in [0.1, 0.15) is 47.7 Å². The van der Waals surface area contributed by atoms with Gasteiger partial charge in [0.25, 0.3) is 5.91 Å². The molecule has 0 saturated carbocycles. The van der Waals surface area contributed by atoms with Crippen LogP contribution in [-0.4, -0.2) is 28.2 Å². The van der Waals surface area contributed by atoms with Gasteiger partial charge in [-0.3, -0.25) is 9.59 Å². The largest absolute Gasteiger partial charge is 0.503 e. The Balaban J connectivity index is 1.74. The number of carbonyl (C=O) groups excluding carboxylic acids is 2. The number of nitrogens with zero attached hydrogens (tertiary/aromatic N) is 1. The fourth-order valence-corrected chi connectivity index (χ4v) is 4.68. The molecule has 5 nitrogen and oxygen atoms in total. The maximum absolute atomic E-state index is 13.3. The summed E-state index contributed by atoms with van der Waals surface area (Å²) in [5.74, 6) is -1.42. The van der Waals surface area contributed by atoms with Crippen LogP contribution in [0.15, 0.2) is 57.5 Å². The summed E-state index contributed by atoms with van der Waals surface area (Å²) in [6, 6.07) is 9.81. The highest BCUT2D eigenvalue weighted by Crippen LogP contribution is 2.41. The van der Waals surface area contributed by atoms with Gasteiger partial charge in [-0.1, -0.05) is 37.4 Å². The first-order chi connectivity index (χ1) is 14.0. The highest BCUT2D eigenvalue weighted by atomic mass is 35.5. The minimum Gasteiger partial charge on any atom is -0.503 e.